The molecule has 21 heavy (non-hydrogen) atoms. The molecule has 0 aliphatic heterocycles. The first kappa shape index (κ1) is 17.9. The molecule has 0 radical (unpaired) electrons. The van der Waals surface area contributed by atoms with Crippen LogP contribution >= 0.6 is 15.9 Å². The van der Waals surface area contributed by atoms with Gasteiger partial charge in [-0.25, -0.2) is 8.42 Å². The van der Waals surface area contributed by atoms with Gasteiger partial charge in [0.05, 0.1) is 12.5 Å². The third-order valence-electron chi connectivity index (χ3n) is 2.85. The summed E-state index contributed by atoms with van der Waals surface area (Å²) < 4.78 is 32.1. The smallest absolute Gasteiger partial charge is 0.307 e. The number of hydrogen-bond acceptors (Lipinski definition) is 4. The van der Waals surface area contributed by atoms with Crippen LogP contribution in [-0.4, -0.2) is 44.0 Å². The molecule has 0 spiro atoms. The zero-order valence-electron chi connectivity index (χ0n) is 12.0. The normalized spacial score (nSPS) is 13.2. The second-order valence-electron chi connectivity index (χ2n) is 4.55. The highest BCUT2D eigenvalue weighted by molar-refractivity contribution is 9.10. The average Bonchev–Trinajstić information content (AvgIpc) is 2.40. The molecule has 1 atom stereocenters. The van der Waals surface area contributed by atoms with Gasteiger partial charge in [0.1, 0.15) is 10.6 Å². The van der Waals surface area contributed by atoms with Gasteiger partial charge in [-0.2, -0.15) is 4.31 Å². The molecule has 0 fully saturated rings. The summed E-state index contributed by atoms with van der Waals surface area (Å²) >= 11 is 3.23. The predicted molar refractivity (Wildman–Crippen MR) is 81.9 cm³/mol. The largest absolute Gasteiger partial charge is 0.492 e. The molecule has 0 aromatic heterocycles. The van der Waals surface area contributed by atoms with E-state index in [1.165, 1.54) is 20.0 Å². The van der Waals surface area contributed by atoms with Crippen LogP contribution in [0.4, 0.5) is 0 Å². The third-order valence-corrected chi connectivity index (χ3v) is 5.18. The zero-order chi connectivity index (χ0) is 16.2. The van der Waals surface area contributed by atoms with E-state index >= 15 is 0 Å². The number of carboxylic acid groups (broad SMARTS) is 1. The van der Waals surface area contributed by atoms with E-state index in [1.54, 1.807) is 19.1 Å². The van der Waals surface area contributed by atoms with Gasteiger partial charge < -0.3 is 9.84 Å². The van der Waals surface area contributed by atoms with Gasteiger partial charge in [-0.1, -0.05) is 22.9 Å². The van der Waals surface area contributed by atoms with Gasteiger partial charge in [0.2, 0.25) is 10.0 Å². The molecular weight excluding hydrogens is 362 g/mol. The first-order valence-corrected chi connectivity index (χ1v) is 8.55. The predicted octanol–water partition coefficient (Wildman–Crippen LogP) is 2.19. The second-order valence-corrected chi connectivity index (χ2v) is 7.48. The van der Waals surface area contributed by atoms with Crippen LogP contribution in [-0.2, 0) is 14.8 Å². The maximum absolute atomic E-state index is 12.6. The molecule has 0 heterocycles. The van der Waals surface area contributed by atoms with E-state index < -0.39 is 21.9 Å². The fraction of sp³-hybridized carbons (Fsp3) is 0.462. The van der Waals surface area contributed by atoms with Crippen molar-refractivity contribution in [2.24, 2.45) is 5.92 Å². The number of sulfonamides is 1. The summed E-state index contributed by atoms with van der Waals surface area (Å²) in [6, 6.07) is 4.70. The number of nitrogens with zero attached hydrogens (tertiary/aromatic N) is 1. The Hall–Kier alpha value is -1.12. The van der Waals surface area contributed by atoms with Crippen molar-refractivity contribution in [2.45, 2.75) is 18.7 Å². The van der Waals surface area contributed by atoms with E-state index in [0.29, 0.717) is 11.1 Å². The topological polar surface area (TPSA) is 83.9 Å². The van der Waals surface area contributed by atoms with E-state index in [0.717, 1.165) is 4.31 Å². The van der Waals surface area contributed by atoms with Gasteiger partial charge in [-0.05, 0) is 25.1 Å². The van der Waals surface area contributed by atoms with Crippen LogP contribution in [0.1, 0.15) is 13.8 Å². The molecule has 1 unspecified atom stereocenters. The Kier molecular flexibility index (Phi) is 6.18. The quantitative estimate of drug-likeness (QED) is 0.784. The van der Waals surface area contributed by atoms with Gasteiger partial charge in [0.15, 0.2) is 0 Å². The molecule has 0 bridgehead atoms. The summed E-state index contributed by atoms with van der Waals surface area (Å²) in [6.45, 7) is 3.43. The second kappa shape index (κ2) is 7.24. The van der Waals surface area contributed by atoms with Crippen molar-refractivity contribution in [3.05, 3.63) is 22.7 Å². The molecule has 118 valence electrons. The fourth-order valence-electron chi connectivity index (χ4n) is 1.69. The van der Waals surface area contributed by atoms with Crippen molar-refractivity contribution in [1.29, 1.82) is 0 Å². The number of carboxylic acids is 1. The first-order valence-electron chi connectivity index (χ1n) is 6.31. The summed E-state index contributed by atoms with van der Waals surface area (Å²) in [4.78, 5) is 10.9. The van der Waals surface area contributed by atoms with Crippen LogP contribution in [0.25, 0.3) is 0 Å². The van der Waals surface area contributed by atoms with Crippen LogP contribution in [0.2, 0.25) is 0 Å². The minimum absolute atomic E-state index is 0.0128. The fourth-order valence-corrected chi connectivity index (χ4v) is 3.61. The number of ether oxygens (including phenoxy) is 1. The number of rotatable bonds is 7. The Morgan fingerprint density at radius 2 is 2.10 bits per heavy atom. The van der Waals surface area contributed by atoms with Gasteiger partial charge in [-0.15, -0.1) is 0 Å². The van der Waals surface area contributed by atoms with Crippen LogP contribution in [0.15, 0.2) is 27.6 Å². The SMILES string of the molecule is CCOc1ccc(Br)cc1S(=O)(=O)N(C)CC(C)C(=O)O. The highest BCUT2D eigenvalue weighted by Gasteiger charge is 2.28. The number of halogens is 1. The summed E-state index contributed by atoms with van der Waals surface area (Å²) in [5, 5.41) is 8.90. The highest BCUT2D eigenvalue weighted by Crippen LogP contribution is 2.29. The Morgan fingerprint density at radius 1 is 1.48 bits per heavy atom. The van der Waals surface area contributed by atoms with Gasteiger partial charge >= 0.3 is 5.97 Å². The van der Waals surface area contributed by atoms with Crippen LogP contribution in [0.5, 0.6) is 5.75 Å². The molecule has 6 nitrogen and oxygen atoms in total. The molecule has 0 saturated heterocycles. The highest BCUT2D eigenvalue weighted by atomic mass is 79.9. The zero-order valence-corrected chi connectivity index (χ0v) is 14.4. The van der Waals surface area contributed by atoms with Crippen LogP contribution in [0.3, 0.4) is 0 Å². The average molecular weight is 380 g/mol. The summed E-state index contributed by atoms with van der Waals surface area (Å²) in [5.41, 5.74) is 0. The number of carbonyl (C=O) groups is 1. The lowest BCUT2D eigenvalue weighted by Gasteiger charge is -2.21. The summed E-state index contributed by atoms with van der Waals surface area (Å²) in [5.74, 6) is -1.60. The molecule has 1 aromatic rings. The van der Waals surface area contributed by atoms with E-state index in [4.69, 9.17) is 9.84 Å². The first-order chi connectivity index (χ1) is 9.70. The summed E-state index contributed by atoms with van der Waals surface area (Å²) in [6.07, 6.45) is 0. The molecule has 0 amide bonds. The van der Waals surface area contributed by atoms with E-state index in [2.05, 4.69) is 15.9 Å². The third kappa shape index (κ3) is 4.42. The lowest BCUT2D eigenvalue weighted by Crippen LogP contribution is -2.34. The van der Waals surface area contributed by atoms with Crippen molar-refractivity contribution >= 4 is 31.9 Å². The maximum atomic E-state index is 12.6. The molecule has 1 aromatic carbocycles. The lowest BCUT2D eigenvalue weighted by atomic mass is 10.2. The van der Waals surface area contributed by atoms with Gasteiger partial charge in [0.25, 0.3) is 0 Å². The lowest BCUT2D eigenvalue weighted by molar-refractivity contribution is -0.141. The summed E-state index contributed by atoms with van der Waals surface area (Å²) in [7, 11) is -2.48. The van der Waals surface area contributed by atoms with Gasteiger partial charge in [0, 0.05) is 18.1 Å². The Morgan fingerprint density at radius 3 is 2.62 bits per heavy atom. The Labute approximate surface area is 132 Å². The van der Waals surface area contributed by atoms with Crippen molar-refractivity contribution in [3.63, 3.8) is 0 Å². The minimum Gasteiger partial charge on any atom is -0.492 e. The molecule has 1 N–H and O–H groups in total. The number of benzene rings is 1. The van der Waals surface area contributed by atoms with Gasteiger partial charge in [-0.3, -0.25) is 4.79 Å². The van der Waals surface area contributed by atoms with Crippen LogP contribution in [0, 0.1) is 5.92 Å². The van der Waals surface area contributed by atoms with Crippen molar-refractivity contribution < 1.29 is 23.1 Å². The molecule has 1 rings (SSSR count). The van der Waals surface area contributed by atoms with Crippen molar-refractivity contribution in [1.82, 2.24) is 4.31 Å². The van der Waals surface area contributed by atoms with E-state index in [-0.39, 0.29) is 17.2 Å². The monoisotopic (exact) mass is 379 g/mol. The van der Waals surface area contributed by atoms with E-state index in [9.17, 15) is 13.2 Å². The standard InChI is InChI=1S/C13H18BrNO5S/c1-4-20-11-6-5-10(14)7-12(11)21(18,19)15(3)8-9(2)13(16)17/h5-7,9H,4,8H2,1-3H3,(H,16,17). The van der Waals surface area contributed by atoms with Crippen molar-refractivity contribution in [3.8, 4) is 5.75 Å². The number of aliphatic carboxylic acids is 1. The Balaban J connectivity index is 3.17. The molecule has 8 heteroatoms. The molecular formula is C13H18BrNO5S. The van der Waals surface area contributed by atoms with Crippen LogP contribution < -0.4 is 4.74 Å². The molecule has 0 aliphatic carbocycles. The maximum Gasteiger partial charge on any atom is 0.307 e. The Bertz CT molecular complexity index is 617. The van der Waals surface area contributed by atoms with Crippen molar-refractivity contribution in [2.75, 3.05) is 20.2 Å². The molecule has 0 aliphatic rings. The molecule has 0 saturated carbocycles. The van der Waals surface area contributed by atoms with E-state index in [1.807, 2.05) is 0 Å². The number of hydrogen-bond donors (Lipinski definition) is 1. The minimum atomic E-state index is -3.83.